The number of halogens is 1. The fraction of sp³-hybridized carbons (Fsp3) is 0.188. The van der Waals surface area contributed by atoms with E-state index < -0.39 is 0 Å². The van der Waals surface area contributed by atoms with Crippen LogP contribution in [-0.4, -0.2) is 21.5 Å². The van der Waals surface area contributed by atoms with E-state index in [9.17, 15) is 0 Å². The normalized spacial score (nSPS) is 10.8. The van der Waals surface area contributed by atoms with Crippen LogP contribution in [0.2, 0.25) is 0 Å². The van der Waals surface area contributed by atoms with E-state index in [1.54, 1.807) is 0 Å². The highest BCUT2D eigenvalue weighted by molar-refractivity contribution is 14.1. The van der Waals surface area contributed by atoms with Crippen molar-refractivity contribution in [1.29, 1.82) is 0 Å². The number of hydrogen-bond donors (Lipinski definition) is 1. The Hall–Kier alpha value is -1.76. The number of para-hydroxylation sites is 1. The molecule has 2 aromatic heterocycles. The fourth-order valence-electron chi connectivity index (χ4n) is 2.05. The summed E-state index contributed by atoms with van der Waals surface area (Å²) in [6, 6.07) is 12.1. The summed E-state index contributed by atoms with van der Waals surface area (Å²) < 4.78 is 1.02. The predicted molar refractivity (Wildman–Crippen MR) is 94.3 cm³/mol. The number of hydrogen-bond acceptors (Lipinski definition) is 4. The zero-order valence-corrected chi connectivity index (χ0v) is 13.8. The molecule has 21 heavy (non-hydrogen) atoms. The molecule has 2 heterocycles. The molecular weight excluding hydrogens is 375 g/mol. The second-order valence-corrected chi connectivity index (χ2v) is 5.87. The van der Waals surface area contributed by atoms with Gasteiger partial charge in [0.1, 0.15) is 11.5 Å². The zero-order chi connectivity index (χ0) is 14.7. The molecule has 0 aliphatic carbocycles. The monoisotopic (exact) mass is 390 g/mol. The summed E-state index contributed by atoms with van der Waals surface area (Å²) in [6.07, 6.45) is 2.89. The molecule has 0 aliphatic rings. The van der Waals surface area contributed by atoms with Crippen molar-refractivity contribution in [2.45, 2.75) is 13.3 Å². The second-order valence-electron chi connectivity index (χ2n) is 4.71. The van der Waals surface area contributed by atoms with Crippen molar-refractivity contribution in [3.63, 3.8) is 0 Å². The molecule has 0 aliphatic heterocycles. The van der Waals surface area contributed by atoms with Crippen molar-refractivity contribution < 1.29 is 0 Å². The van der Waals surface area contributed by atoms with Gasteiger partial charge in [-0.1, -0.05) is 31.2 Å². The van der Waals surface area contributed by atoms with E-state index in [1.807, 2.05) is 30.5 Å². The summed E-state index contributed by atoms with van der Waals surface area (Å²) in [4.78, 5) is 13.6. The lowest BCUT2D eigenvalue weighted by Gasteiger charge is -2.08. The van der Waals surface area contributed by atoms with Crippen LogP contribution in [0.25, 0.3) is 22.4 Å². The highest BCUT2D eigenvalue weighted by Crippen LogP contribution is 2.21. The van der Waals surface area contributed by atoms with Crippen LogP contribution < -0.4 is 5.32 Å². The summed E-state index contributed by atoms with van der Waals surface area (Å²) in [5.74, 6) is 1.53. The van der Waals surface area contributed by atoms with E-state index in [0.717, 1.165) is 39.0 Å². The fourth-order valence-corrected chi connectivity index (χ4v) is 2.50. The summed E-state index contributed by atoms with van der Waals surface area (Å²) in [5, 5.41) is 4.44. The second kappa shape index (κ2) is 6.34. The van der Waals surface area contributed by atoms with Gasteiger partial charge >= 0.3 is 0 Å². The van der Waals surface area contributed by atoms with Gasteiger partial charge in [-0.15, -0.1) is 0 Å². The van der Waals surface area contributed by atoms with Gasteiger partial charge in [0.25, 0.3) is 0 Å². The largest absolute Gasteiger partial charge is 0.369 e. The topological polar surface area (TPSA) is 50.7 Å². The van der Waals surface area contributed by atoms with Gasteiger partial charge in [0.2, 0.25) is 0 Å². The summed E-state index contributed by atoms with van der Waals surface area (Å²) in [5.41, 5.74) is 1.75. The smallest absolute Gasteiger partial charge is 0.180 e. The molecule has 0 spiro atoms. The minimum atomic E-state index is 0.653. The van der Waals surface area contributed by atoms with Crippen molar-refractivity contribution in [3.05, 3.63) is 46.2 Å². The lowest BCUT2D eigenvalue weighted by atomic mass is 10.2. The van der Waals surface area contributed by atoms with Gasteiger partial charge in [-0.2, -0.15) is 0 Å². The molecule has 0 bridgehead atoms. The zero-order valence-electron chi connectivity index (χ0n) is 11.7. The van der Waals surface area contributed by atoms with Gasteiger partial charge in [-0.3, -0.25) is 0 Å². The maximum atomic E-state index is 4.64. The Balaban J connectivity index is 2.01. The minimum Gasteiger partial charge on any atom is -0.369 e. The van der Waals surface area contributed by atoms with Gasteiger partial charge < -0.3 is 5.32 Å². The SMILES string of the molecule is CCCNc1nc(-c2ccc3ccccc3n2)ncc1I. The number of nitrogens with one attached hydrogen (secondary N) is 1. The molecule has 106 valence electrons. The first-order valence-electron chi connectivity index (χ1n) is 6.90. The molecule has 0 saturated heterocycles. The quantitative estimate of drug-likeness (QED) is 0.681. The van der Waals surface area contributed by atoms with E-state index in [2.05, 4.69) is 61.9 Å². The number of aromatic nitrogens is 3. The van der Waals surface area contributed by atoms with Crippen LogP contribution in [0.3, 0.4) is 0 Å². The third-order valence-electron chi connectivity index (χ3n) is 3.11. The molecule has 0 saturated carbocycles. The Kier molecular flexibility index (Phi) is 4.28. The van der Waals surface area contributed by atoms with Crippen molar-refractivity contribution in [1.82, 2.24) is 15.0 Å². The summed E-state index contributed by atoms with van der Waals surface area (Å²) >= 11 is 2.24. The van der Waals surface area contributed by atoms with Crippen LogP contribution in [0.4, 0.5) is 5.82 Å². The van der Waals surface area contributed by atoms with Crippen LogP contribution in [0, 0.1) is 3.57 Å². The molecule has 5 heteroatoms. The Bertz CT molecular complexity index is 773. The van der Waals surface area contributed by atoms with Crippen molar-refractivity contribution in [2.24, 2.45) is 0 Å². The van der Waals surface area contributed by atoms with E-state index in [4.69, 9.17) is 0 Å². The van der Waals surface area contributed by atoms with Gasteiger partial charge in [-0.25, -0.2) is 15.0 Å². The van der Waals surface area contributed by atoms with Crippen molar-refractivity contribution in [2.75, 3.05) is 11.9 Å². The first-order chi connectivity index (χ1) is 10.3. The molecule has 3 aromatic rings. The molecule has 1 N–H and O–H groups in total. The Morgan fingerprint density at radius 2 is 1.95 bits per heavy atom. The molecule has 1 aromatic carbocycles. The maximum absolute atomic E-state index is 4.64. The number of pyridine rings is 1. The van der Waals surface area contributed by atoms with E-state index >= 15 is 0 Å². The number of rotatable bonds is 4. The summed E-state index contributed by atoms with van der Waals surface area (Å²) in [6.45, 7) is 3.03. The molecule has 4 nitrogen and oxygen atoms in total. The van der Waals surface area contributed by atoms with E-state index in [1.165, 1.54) is 0 Å². The first kappa shape index (κ1) is 14.2. The van der Waals surface area contributed by atoms with Gasteiger partial charge in [0, 0.05) is 18.1 Å². The van der Waals surface area contributed by atoms with Crippen LogP contribution in [0.15, 0.2) is 42.6 Å². The maximum Gasteiger partial charge on any atom is 0.180 e. The Labute approximate surface area is 137 Å². The molecule has 3 rings (SSSR count). The molecule has 0 amide bonds. The Morgan fingerprint density at radius 3 is 2.81 bits per heavy atom. The standard InChI is InChI=1S/C16H15IN4/c1-2-9-18-15-12(17)10-19-16(21-15)14-8-7-11-5-3-4-6-13(11)20-14/h3-8,10H,2,9H2,1H3,(H,18,19,21). The highest BCUT2D eigenvalue weighted by atomic mass is 127. The molecule has 0 radical (unpaired) electrons. The highest BCUT2D eigenvalue weighted by Gasteiger charge is 2.08. The van der Waals surface area contributed by atoms with Gasteiger partial charge in [0.15, 0.2) is 5.82 Å². The molecular formula is C16H15IN4. The van der Waals surface area contributed by atoms with Gasteiger partial charge in [-0.05, 0) is 41.1 Å². The van der Waals surface area contributed by atoms with Gasteiger partial charge in [0.05, 0.1) is 9.09 Å². The number of nitrogens with zero attached hydrogens (tertiary/aromatic N) is 3. The Morgan fingerprint density at radius 1 is 1.10 bits per heavy atom. The number of benzene rings is 1. The van der Waals surface area contributed by atoms with Crippen LogP contribution >= 0.6 is 22.6 Å². The number of fused-ring (bicyclic) bond motifs is 1. The predicted octanol–water partition coefficient (Wildman–Crippen LogP) is 4.12. The first-order valence-corrected chi connectivity index (χ1v) is 7.98. The van der Waals surface area contributed by atoms with E-state index in [0.29, 0.717) is 5.82 Å². The van der Waals surface area contributed by atoms with Crippen LogP contribution in [0.1, 0.15) is 13.3 Å². The lowest BCUT2D eigenvalue weighted by Crippen LogP contribution is -2.06. The van der Waals surface area contributed by atoms with Crippen LogP contribution in [0.5, 0.6) is 0 Å². The molecule has 0 atom stereocenters. The summed E-state index contributed by atoms with van der Waals surface area (Å²) in [7, 11) is 0. The average molecular weight is 390 g/mol. The van der Waals surface area contributed by atoms with Crippen molar-refractivity contribution in [3.8, 4) is 11.5 Å². The van der Waals surface area contributed by atoms with E-state index in [-0.39, 0.29) is 0 Å². The average Bonchev–Trinajstić information content (AvgIpc) is 2.53. The number of anilines is 1. The molecule has 0 unspecified atom stereocenters. The molecule has 0 fully saturated rings. The minimum absolute atomic E-state index is 0.653. The van der Waals surface area contributed by atoms with Crippen LogP contribution in [-0.2, 0) is 0 Å². The lowest BCUT2D eigenvalue weighted by molar-refractivity contribution is 0.962. The third kappa shape index (κ3) is 3.12. The third-order valence-corrected chi connectivity index (χ3v) is 3.90. The van der Waals surface area contributed by atoms with Crippen molar-refractivity contribution >= 4 is 39.3 Å².